The van der Waals surface area contributed by atoms with Gasteiger partial charge in [-0.2, -0.15) is 11.8 Å². The number of alkyl carbamates (subject to hydrolysis) is 1. The second-order valence-corrected chi connectivity index (χ2v) is 31.1. The number of benzene rings is 2. The highest BCUT2D eigenvalue weighted by molar-refractivity contribution is 7.99. The Labute approximate surface area is 706 Å². The van der Waals surface area contributed by atoms with E-state index in [0.717, 1.165) is 70.7 Å². The highest BCUT2D eigenvalue weighted by Gasteiger charge is 2.62. The van der Waals surface area contributed by atoms with Gasteiger partial charge in [-0.1, -0.05) is 107 Å². The highest BCUT2D eigenvalue weighted by Crippen LogP contribution is 2.47. The van der Waals surface area contributed by atoms with Gasteiger partial charge in [-0.3, -0.25) is 33.6 Å². The summed E-state index contributed by atoms with van der Waals surface area (Å²) in [6.07, 6.45) is -45.7. The van der Waals surface area contributed by atoms with Crippen molar-refractivity contribution in [1.82, 2.24) is 5.32 Å². The number of nitrogens with one attached hydrogen (secondary N) is 1. The van der Waals surface area contributed by atoms with Gasteiger partial charge in [-0.25, -0.2) is 4.79 Å². The molecule has 1 aliphatic carbocycles. The third kappa shape index (κ3) is 24.2. The van der Waals surface area contributed by atoms with Crippen LogP contribution in [0.4, 0.5) is 4.79 Å². The minimum Gasteiger partial charge on any atom is -0.459 e. The van der Waals surface area contributed by atoms with Crippen molar-refractivity contribution in [2.24, 2.45) is 54.4 Å². The van der Waals surface area contributed by atoms with E-state index in [4.69, 9.17) is 99.5 Å². The summed E-state index contributed by atoms with van der Waals surface area (Å²) >= 11 is 1.37. The van der Waals surface area contributed by atoms with Crippen molar-refractivity contribution in [3.63, 3.8) is 0 Å². The van der Waals surface area contributed by atoms with Gasteiger partial charge in [0.05, 0.1) is 88.1 Å². The molecule has 30 atom stereocenters. The predicted molar refractivity (Wildman–Crippen MR) is 416 cm³/mol. The van der Waals surface area contributed by atoms with Crippen LogP contribution in [-0.2, 0) is 133 Å². The summed E-state index contributed by atoms with van der Waals surface area (Å²) in [4.78, 5) is 127. The van der Waals surface area contributed by atoms with Crippen molar-refractivity contribution in [2.75, 3.05) is 70.5 Å². The number of ether oxygens (including phenoxy) is 21. The number of esters is 7. The molecule has 1 N–H and O–H groups in total. The summed E-state index contributed by atoms with van der Waals surface area (Å²) in [5.74, 6) is -10.5. The third-order valence-corrected chi connectivity index (χ3v) is 22.6. The molecule has 1 amide bonds. The van der Waals surface area contributed by atoms with E-state index in [1.807, 2.05) is 48.5 Å². The van der Waals surface area contributed by atoms with Crippen LogP contribution >= 0.6 is 11.8 Å². The molecule has 22 saturated heterocycles. The first-order chi connectivity index (χ1) is 59.1. The average Bonchev–Trinajstić information content (AvgIpc) is 1.15. The molecule has 0 radical (unpaired) electrons. The SMILES string of the molecule is CC(=O)O[C@@H]1[C@@H](OC(C)=O)[C@H]2O[C@H]3[C@H](OC(C)=O)[C@@H](OCCCSCCNC(=O)OCC4c5ccccc5-c5ccccc54)[C@@H](O[C@H]4[C@H](OC(C)=O)[C@@H](OC(C)=O)[C@@H](O[C@H]5[C@H](OC(C)=O)[C@@H](C)[C@@H](O[C@H]6[C@H](C)[C@@H](C)[C@@H](O[C@H]7[C@H](C)[C@@H](OC(C)=O)[C@@H](O[C@@H]1[C@@H](CN=[N+]=[N-])O2)O[C@@H]7CN=[N+]=[N-])O[C@@H]6CN=[N+]=[N-])O[C@@H]5CN=[N+]=[N-])O[C@@H]4CN=[N+]=[N-])O[C@@H]3CN=[N+]=[N-]. The van der Waals surface area contributed by atoms with E-state index in [2.05, 4.69) is 65.5 Å². The van der Waals surface area contributed by atoms with E-state index >= 15 is 0 Å². The second kappa shape index (κ2) is 45.4. The second-order valence-electron chi connectivity index (χ2n) is 29.9. The van der Waals surface area contributed by atoms with Crippen LogP contribution in [-0.4, -0.2) is 278 Å². The van der Waals surface area contributed by atoms with Crippen LogP contribution in [0.2, 0.25) is 0 Å². The Morgan fingerprint density at radius 3 is 1.07 bits per heavy atom. The zero-order chi connectivity index (χ0) is 88.7. The molecule has 0 spiro atoms. The predicted octanol–water partition coefficient (Wildman–Crippen LogP) is 8.64. The maximum atomic E-state index is 14.0. The Kier molecular flexibility index (Phi) is 35.0. The Morgan fingerprint density at radius 2 is 0.667 bits per heavy atom. The molecule has 2 aromatic carbocycles. The number of carbonyl (C=O) groups is 8. The van der Waals surface area contributed by atoms with Crippen LogP contribution in [0.15, 0.2) is 79.2 Å². The first-order valence-electron chi connectivity index (χ1n) is 39.5. The molecule has 48 nitrogen and oxygen atoms in total. The van der Waals surface area contributed by atoms with Gasteiger partial charge in [0, 0.05) is 121 Å². The summed E-state index contributed by atoms with van der Waals surface area (Å²) in [6, 6.07) is 15.8. The number of amides is 1. The van der Waals surface area contributed by atoms with Crippen molar-refractivity contribution >= 4 is 59.6 Å². The van der Waals surface area contributed by atoms with E-state index in [0.29, 0.717) is 11.5 Å². The van der Waals surface area contributed by atoms with E-state index in [9.17, 15) is 71.5 Å². The monoisotopic (exact) mass is 1750 g/mol. The summed E-state index contributed by atoms with van der Waals surface area (Å²) in [5, 5.41) is 25.6. The number of thioether (sulfide) groups is 1. The number of azide groups is 6. The number of hydrogen-bond acceptors (Lipinski definition) is 36. The lowest BCUT2D eigenvalue weighted by Gasteiger charge is -2.53. The molecular weight excluding hydrogens is 1650 g/mol. The zero-order valence-corrected chi connectivity index (χ0v) is 69.6. The molecule has 0 saturated carbocycles. The van der Waals surface area contributed by atoms with E-state index < -0.39 is 271 Å². The summed E-state index contributed by atoms with van der Waals surface area (Å²) < 4.78 is 136. The van der Waals surface area contributed by atoms with Crippen molar-refractivity contribution in [1.29, 1.82) is 0 Å². The molecule has 2 aromatic rings. The molecule has 49 heteroatoms. The van der Waals surface area contributed by atoms with Gasteiger partial charge in [0.15, 0.2) is 74.4 Å². The van der Waals surface area contributed by atoms with Gasteiger partial charge < -0.3 is 105 Å². The Bertz CT molecular complexity index is 4320. The minimum absolute atomic E-state index is 0.0655. The van der Waals surface area contributed by atoms with Crippen LogP contribution in [0.1, 0.15) is 99.6 Å². The number of hydrogen-bond donors (Lipinski definition) is 1. The van der Waals surface area contributed by atoms with Crippen LogP contribution in [0.3, 0.4) is 0 Å². The van der Waals surface area contributed by atoms with Gasteiger partial charge in [0.25, 0.3) is 0 Å². The van der Waals surface area contributed by atoms with Crippen molar-refractivity contribution in [2.45, 2.75) is 248 Å². The molecule has 22 aliphatic heterocycles. The molecule has 25 rings (SSSR count). The van der Waals surface area contributed by atoms with E-state index in [1.54, 1.807) is 20.8 Å². The largest absolute Gasteiger partial charge is 0.459 e. The van der Waals surface area contributed by atoms with E-state index in [-0.39, 0.29) is 32.1 Å². The Hall–Kier alpha value is -10.3. The standard InChI is InChI=1S/C74H97N19O29S/c1-32-33(2)68-111-48(25-82-88-75)54(32)117-69-35(4)56(104-36(5)94)58(50(112-69)27-84-90-77)119-72-66(109-41(10)99)64(108-40(9)98)61(53(115-72)30-87-93-80)121-71-65(102-22-16-23-123-24-21-81-74(101)103-31-47-45-19-14-12-17-43(45)44-18-13-15-20-46(44)47)62(106-38(7)96)59(51(114-71)28-85-91-78)122-73-67(110-42(11)100)63(107-39(8)97)60(52(116-73)29-86-92-79)120-70-57(105-37(6)95)34(3)55(118-68)49(113-70)26-83-89-76/h12-15,17-20,32-35,47-73H,16,21-31H2,1-11H3,(H,81,101)/t32-,33-,34+,35-,48-,49-,50-,51-,52-,53-,54+,55+,56-,57-,58-,59-,60-,61-,62+,63+,64+,65-,66-,67-,68-,69-,70-,71-,72-,73-/m1/s1. The molecule has 22 fully saturated rings. The molecule has 12 bridgehead atoms. The zero-order valence-electron chi connectivity index (χ0n) is 68.8. The van der Waals surface area contributed by atoms with Crippen LogP contribution in [0.25, 0.3) is 73.8 Å². The quantitative estimate of drug-likeness (QED) is 0.0199. The maximum Gasteiger partial charge on any atom is 0.407 e. The van der Waals surface area contributed by atoms with Gasteiger partial charge in [0.2, 0.25) is 0 Å². The van der Waals surface area contributed by atoms with E-state index in [1.165, 1.54) is 18.7 Å². The smallest absolute Gasteiger partial charge is 0.407 e. The molecule has 0 unspecified atom stereocenters. The average molecular weight is 1750 g/mol. The lowest BCUT2D eigenvalue weighted by atomic mass is 9.83. The summed E-state index contributed by atoms with van der Waals surface area (Å²) in [5.41, 5.74) is 64.0. The molecule has 668 valence electrons. The third-order valence-electron chi connectivity index (χ3n) is 21.6. The Morgan fingerprint density at radius 1 is 0.358 bits per heavy atom. The van der Waals surface area contributed by atoms with Crippen molar-refractivity contribution < 1.29 is 138 Å². The first kappa shape index (κ1) is 94.9. The fraction of sp³-hybridized carbons (Fsp3) is 0.730. The number of carbonyl (C=O) groups excluding carboxylic acids is 8. The first-order valence-corrected chi connectivity index (χ1v) is 40.7. The van der Waals surface area contributed by atoms with Gasteiger partial charge >= 0.3 is 47.9 Å². The normalized spacial score (nSPS) is 34.4. The van der Waals surface area contributed by atoms with Gasteiger partial charge in [-0.15, -0.1) is 0 Å². The van der Waals surface area contributed by atoms with Crippen LogP contribution < -0.4 is 5.32 Å². The van der Waals surface area contributed by atoms with Crippen LogP contribution in [0.5, 0.6) is 0 Å². The molecule has 23 aliphatic rings. The fourth-order valence-electron chi connectivity index (χ4n) is 16.2. The molecule has 22 heterocycles. The minimum atomic E-state index is -2.14. The number of fused-ring (bicyclic) bond motifs is 3. The number of nitrogens with zero attached hydrogens (tertiary/aromatic N) is 18. The fourth-order valence-corrected chi connectivity index (χ4v) is 17.0. The van der Waals surface area contributed by atoms with Gasteiger partial charge in [-0.05, 0) is 73.5 Å². The van der Waals surface area contributed by atoms with Crippen molar-refractivity contribution in [3.8, 4) is 11.1 Å². The van der Waals surface area contributed by atoms with Gasteiger partial charge in [0.1, 0.15) is 43.2 Å². The highest BCUT2D eigenvalue weighted by atomic mass is 32.2. The molecule has 123 heavy (non-hydrogen) atoms. The molecular formula is C74H97N19O29S. The lowest BCUT2D eigenvalue weighted by molar-refractivity contribution is -0.394. The maximum absolute atomic E-state index is 14.0. The number of rotatable bonds is 29. The Balaban J connectivity index is 1.09. The summed E-state index contributed by atoms with van der Waals surface area (Å²) in [6.45, 7) is 9.50. The van der Waals surface area contributed by atoms with Crippen molar-refractivity contribution in [3.05, 3.63) is 122 Å². The lowest BCUT2D eigenvalue weighted by Crippen LogP contribution is -2.69. The summed E-state index contributed by atoms with van der Waals surface area (Å²) in [7, 11) is 0. The van der Waals surface area contributed by atoms with Crippen LogP contribution in [0, 0.1) is 23.7 Å². The molecule has 0 aromatic heterocycles. The topological polar surface area (TPSA) is 635 Å².